The number of aliphatic hydroxyl groups is 1. The first kappa shape index (κ1) is 22.8. The van der Waals surface area contributed by atoms with Gasteiger partial charge in [-0.25, -0.2) is 17.6 Å². The second kappa shape index (κ2) is 7.60. The molecule has 4 bridgehead atoms. The number of ether oxygens (including phenoxy) is 1. The van der Waals surface area contributed by atoms with E-state index in [-0.39, 0.29) is 35.8 Å². The Balaban J connectivity index is 1.42. The number of thioether (sulfide) groups is 1. The molecule has 5 rings (SSSR count). The van der Waals surface area contributed by atoms with Crippen molar-refractivity contribution in [3.05, 3.63) is 23.3 Å². The molecule has 1 aromatic carbocycles. The first-order chi connectivity index (χ1) is 14.3. The molecule has 172 valence electrons. The van der Waals surface area contributed by atoms with Crippen molar-refractivity contribution >= 4 is 27.8 Å². The average Bonchev–Trinajstić information content (AvgIpc) is 2.59. The van der Waals surface area contributed by atoms with Crippen molar-refractivity contribution in [3.8, 4) is 0 Å². The van der Waals surface area contributed by atoms with Gasteiger partial charge in [-0.1, -0.05) is 0 Å². The number of rotatable bonds is 6. The monoisotopic (exact) mass is 484 g/mol. The Bertz CT molecular complexity index is 1000. The molecule has 2 unspecified atom stereocenters. The summed E-state index contributed by atoms with van der Waals surface area (Å²) in [5.41, 5.74) is -1.60. The van der Waals surface area contributed by atoms with Crippen LogP contribution < -0.4 is 0 Å². The van der Waals surface area contributed by atoms with Gasteiger partial charge in [0, 0.05) is 12.2 Å². The molecule has 0 spiro atoms. The number of carbonyl (C=O) groups excluding carboxylic acids is 1. The Hall–Kier alpha value is -1.37. The van der Waals surface area contributed by atoms with Gasteiger partial charge in [-0.2, -0.15) is 8.42 Å². The van der Waals surface area contributed by atoms with Gasteiger partial charge in [0.05, 0.1) is 16.9 Å². The van der Waals surface area contributed by atoms with Gasteiger partial charge in [0.25, 0.3) is 0 Å². The lowest BCUT2D eigenvalue weighted by Gasteiger charge is -2.59. The standard InChI is InChI=1S/C19H20F4O6S2/c20-12-14(22)17(31(26,27)28)15(23)13(21)16(12)30-2-1-11(24)29-19-6-9-3-10(7-19)5-18(25,4-9)8-19/h9-10,25H,1-8H2,(H,26,27,28). The first-order valence-corrected chi connectivity index (χ1v) is 12.2. The maximum absolute atomic E-state index is 14.1. The van der Waals surface area contributed by atoms with Crippen molar-refractivity contribution in [2.45, 2.75) is 65.9 Å². The van der Waals surface area contributed by atoms with Crippen LogP contribution in [0.5, 0.6) is 0 Å². The molecule has 0 radical (unpaired) electrons. The van der Waals surface area contributed by atoms with Crippen LogP contribution in [0.1, 0.15) is 44.9 Å². The maximum atomic E-state index is 14.1. The molecule has 1 aromatic rings. The number of halogens is 4. The van der Waals surface area contributed by atoms with Crippen molar-refractivity contribution < 1.29 is 45.2 Å². The Morgan fingerprint density at radius 1 is 1.03 bits per heavy atom. The molecule has 6 nitrogen and oxygen atoms in total. The lowest BCUT2D eigenvalue weighted by Crippen LogP contribution is -2.60. The smallest absolute Gasteiger partial charge is 0.307 e. The largest absolute Gasteiger partial charge is 0.459 e. The molecule has 4 saturated carbocycles. The summed E-state index contributed by atoms with van der Waals surface area (Å²) in [6.45, 7) is 0. The third kappa shape index (κ3) is 4.19. The summed E-state index contributed by atoms with van der Waals surface area (Å²) in [5, 5.41) is 10.7. The molecule has 4 aliphatic rings. The molecule has 2 atom stereocenters. The number of hydrogen-bond donors (Lipinski definition) is 2. The van der Waals surface area contributed by atoms with Gasteiger partial charge >= 0.3 is 16.1 Å². The molecule has 0 saturated heterocycles. The van der Waals surface area contributed by atoms with Gasteiger partial charge in [-0.15, -0.1) is 11.8 Å². The quantitative estimate of drug-likeness (QED) is 0.209. The molecule has 4 aliphatic carbocycles. The lowest BCUT2D eigenvalue weighted by atomic mass is 9.52. The topological polar surface area (TPSA) is 101 Å². The maximum Gasteiger partial charge on any atom is 0.307 e. The summed E-state index contributed by atoms with van der Waals surface area (Å²) >= 11 is 0.285. The minimum Gasteiger partial charge on any atom is -0.459 e. The Labute approximate surface area is 180 Å². The molecule has 2 N–H and O–H groups in total. The van der Waals surface area contributed by atoms with E-state index in [1.165, 1.54) is 0 Å². The summed E-state index contributed by atoms with van der Waals surface area (Å²) in [4.78, 5) is 9.10. The fourth-order valence-electron chi connectivity index (χ4n) is 5.72. The minimum atomic E-state index is -5.52. The van der Waals surface area contributed by atoms with Crippen LogP contribution in [0.25, 0.3) is 0 Å². The Morgan fingerprint density at radius 2 is 1.58 bits per heavy atom. The molecule has 0 aliphatic heterocycles. The SMILES string of the molecule is O=C(CCSc1c(F)c(F)c(S(=O)(=O)O)c(F)c1F)OC12CC3CC(CC(O)(C3)C1)C2. The highest BCUT2D eigenvalue weighted by Crippen LogP contribution is 2.58. The first-order valence-electron chi connectivity index (χ1n) is 9.73. The predicted octanol–water partition coefficient (Wildman–Crippen LogP) is 3.60. The van der Waals surface area contributed by atoms with Crippen LogP contribution in [0.3, 0.4) is 0 Å². The Kier molecular flexibility index (Phi) is 5.59. The van der Waals surface area contributed by atoms with Gasteiger partial charge in [0.1, 0.15) is 5.60 Å². The molecular weight excluding hydrogens is 464 g/mol. The molecule has 0 aromatic heterocycles. The summed E-state index contributed by atoms with van der Waals surface area (Å²) < 4.78 is 92.2. The molecule has 31 heavy (non-hydrogen) atoms. The third-order valence-electron chi connectivity index (χ3n) is 6.30. The van der Waals surface area contributed by atoms with E-state index in [1.807, 2.05) is 0 Å². The minimum absolute atomic E-state index is 0.281. The summed E-state index contributed by atoms with van der Waals surface area (Å²) in [5.74, 6) is -8.82. The molecule has 0 heterocycles. The molecular formula is C19H20F4O6S2. The third-order valence-corrected chi connectivity index (χ3v) is 8.23. The van der Waals surface area contributed by atoms with Crippen LogP contribution in [-0.4, -0.2) is 41.0 Å². The highest BCUT2D eigenvalue weighted by Gasteiger charge is 2.59. The van der Waals surface area contributed by atoms with E-state index >= 15 is 0 Å². The lowest BCUT2D eigenvalue weighted by molar-refractivity contribution is -0.219. The van der Waals surface area contributed by atoms with E-state index in [1.54, 1.807) is 0 Å². The highest BCUT2D eigenvalue weighted by atomic mass is 32.2. The zero-order valence-corrected chi connectivity index (χ0v) is 17.8. The van der Waals surface area contributed by atoms with Crippen LogP contribution in [0.15, 0.2) is 9.79 Å². The van der Waals surface area contributed by atoms with E-state index < -0.39 is 60.3 Å². The van der Waals surface area contributed by atoms with E-state index in [0.717, 1.165) is 6.42 Å². The summed E-state index contributed by atoms with van der Waals surface area (Å²) in [7, 11) is -5.52. The average molecular weight is 484 g/mol. The van der Waals surface area contributed by atoms with Crippen molar-refractivity contribution in [1.29, 1.82) is 0 Å². The molecule has 12 heteroatoms. The van der Waals surface area contributed by atoms with Crippen LogP contribution in [0, 0.1) is 35.1 Å². The zero-order valence-electron chi connectivity index (χ0n) is 16.2. The number of benzene rings is 1. The van der Waals surface area contributed by atoms with Crippen LogP contribution in [0.2, 0.25) is 0 Å². The predicted molar refractivity (Wildman–Crippen MR) is 99.9 cm³/mol. The fourth-order valence-corrected chi connectivity index (χ4v) is 7.26. The van der Waals surface area contributed by atoms with E-state index in [9.17, 15) is 35.9 Å². The van der Waals surface area contributed by atoms with Crippen molar-refractivity contribution in [1.82, 2.24) is 0 Å². The van der Waals surface area contributed by atoms with Gasteiger partial charge < -0.3 is 9.84 Å². The Morgan fingerprint density at radius 3 is 2.06 bits per heavy atom. The van der Waals surface area contributed by atoms with Crippen LogP contribution in [-0.2, 0) is 19.6 Å². The summed E-state index contributed by atoms with van der Waals surface area (Å²) in [6.07, 6.45) is 3.71. The van der Waals surface area contributed by atoms with E-state index in [2.05, 4.69) is 0 Å². The second-order valence-electron chi connectivity index (χ2n) is 8.83. The summed E-state index contributed by atoms with van der Waals surface area (Å²) in [6, 6.07) is 0. The molecule has 0 amide bonds. The van der Waals surface area contributed by atoms with Crippen LogP contribution >= 0.6 is 11.8 Å². The van der Waals surface area contributed by atoms with Gasteiger partial charge in [-0.05, 0) is 43.9 Å². The molecule has 4 fully saturated rings. The normalized spacial score (nSPS) is 31.8. The van der Waals surface area contributed by atoms with Crippen LogP contribution in [0.4, 0.5) is 17.6 Å². The van der Waals surface area contributed by atoms with E-state index in [0.29, 0.717) is 32.1 Å². The zero-order chi connectivity index (χ0) is 22.8. The van der Waals surface area contributed by atoms with Crippen molar-refractivity contribution in [2.24, 2.45) is 11.8 Å². The van der Waals surface area contributed by atoms with Gasteiger partial charge in [0.2, 0.25) is 0 Å². The number of carbonyl (C=O) groups is 1. The van der Waals surface area contributed by atoms with E-state index in [4.69, 9.17) is 9.29 Å². The second-order valence-corrected chi connectivity index (χ2v) is 11.3. The van der Waals surface area contributed by atoms with Gasteiger partial charge in [-0.3, -0.25) is 9.35 Å². The number of esters is 1. The number of hydrogen-bond acceptors (Lipinski definition) is 6. The van der Waals surface area contributed by atoms with Crippen molar-refractivity contribution in [2.75, 3.05) is 5.75 Å². The van der Waals surface area contributed by atoms with Crippen molar-refractivity contribution in [3.63, 3.8) is 0 Å². The highest BCUT2D eigenvalue weighted by molar-refractivity contribution is 7.99. The van der Waals surface area contributed by atoms with Gasteiger partial charge in [0.15, 0.2) is 28.2 Å². The fraction of sp³-hybridized carbons (Fsp3) is 0.632.